The molecule has 1 fully saturated rings. The zero-order valence-corrected chi connectivity index (χ0v) is 16.2. The van der Waals surface area contributed by atoms with Gasteiger partial charge in [0.2, 0.25) is 0 Å². The summed E-state index contributed by atoms with van der Waals surface area (Å²) in [6.07, 6.45) is 1.04. The molecule has 6 heteroatoms. The van der Waals surface area contributed by atoms with Crippen molar-refractivity contribution in [2.24, 2.45) is 5.92 Å². The van der Waals surface area contributed by atoms with Gasteiger partial charge in [0.05, 0.1) is 6.10 Å². The molecular weight excluding hydrogens is 360 g/mol. The van der Waals surface area contributed by atoms with Crippen molar-refractivity contribution in [2.45, 2.75) is 31.0 Å². The lowest BCUT2D eigenvalue weighted by Crippen LogP contribution is -2.26. The molecule has 1 heterocycles. The normalized spacial score (nSPS) is 25.5. The van der Waals surface area contributed by atoms with E-state index in [1.165, 1.54) is 0 Å². The Bertz CT molecular complexity index is 790. The van der Waals surface area contributed by atoms with Gasteiger partial charge in [0, 0.05) is 25.7 Å². The van der Waals surface area contributed by atoms with Crippen LogP contribution in [0.5, 0.6) is 17.2 Å². The fourth-order valence-electron chi connectivity index (χ4n) is 4.30. The molecule has 1 N–H and O–H groups in total. The van der Waals surface area contributed by atoms with Gasteiger partial charge in [-0.25, -0.2) is 0 Å². The maximum atomic E-state index is 10.4. The minimum Gasteiger partial charge on any atom is -0.485 e. The van der Waals surface area contributed by atoms with Gasteiger partial charge < -0.3 is 28.8 Å². The molecule has 2 aromatic carbocycles. The van der Waals surface area contributed by atoms with Gasteiger partial charge in [-0.15, -0.1) is 0 Å². The van der Waals surface area contributed by atoms with Crippen molar-refractivity contribution < 1.29 is 28.8 Å². The average molecular weight is 386 g/mol. The van der Waals surface area contributed by atoms with E-state index >= 15 is 0 Å². The Morgan fingerprint density at radius 1 is 0.929 bits per heavy atom. The highest BCUT2D eigenvalue weighted by molar-refractivity contribution is 5.46. The summed E-state index contributed by atoms with van der Waals surface area (Å²) in [6, 6.07) is 13.8. The second-order valence-corrected chi connectivity index (χ2v) is 7.30. The number of ether oxygens (including phenoxy) is 5. The van der Waals surface area contributed by atoms with Crippen LogP contribution in [0.15, 0.2) is 42.5 Å². The van der Waals surface area contributed by atoms with E-state index in [-0.39, 0.29) is 37.6 Å². The first-order valence-corrected chi connectivity index (χ1v) is 9.51. The SMILES string of the molecule is COCOc1ccc([C@H]2Oc3ccc(OCOC)cc3[C@H]3C[C@@H](O)C[C@H]32)cc1. The number of aliphatic hydroxyl groups is 1. The van der Waals surface area contributed by atoms with Crippen molar-refractivity contribution in [3.05, 3.63) is 53.6 Å². The molecule has 0 unspecified atom stereocenters. The molecule has 2 aromatic rings. The number of fused-ring (bicyclic) bond motifs is 3. The summed E-state index contributed by atoms with van der Waals surface area (Å²) in [6.45, 7) is 0.424. The van der Waals surface area contributed by atoms with Crippen molar-refractivity contribution in [2.75, 3.05) is 27.8 Å². The molecule has 0 saturated heterocycles. The maximum Gasteiger partial charge on any atom is 0.188 e. The Morgan fingerprint density at radius 2 is 1.61 bits per heavy atom. The van der Waals surface area contributed by atoms with Crippen LogP contribution >= 0.6 is 0 Å². The largest absolute Gasteiger partial charge is 0.485 e. The number of aliphatic hydroxyl groups excluding tert-OH is 1. The Balaban J connectivity index is 1.60. The molecule has 0 radical (unpaired) electrons. The van der Waals surface area contributed by atoms with Crippen molar-refractivity contribution >= 4 is 0 Å². The monoisotopic (exact) mass is 386 g/mol. The lowest BCUT2D eigenvalue weighted by atomic mass is 9.80. The van der Waals surface area contributed by atoms with Crippen molar-refractivity contribution in [3.8, 4) is 17.2 Å². The first-order valence-electron chi connectivity index (χ1n) is 9.51. The molecule has 0 bridgehead atoms. The second-order valence-electron chi connectivity index (χ2n) is 7.30. The molecule has 1 aliphatic carbocycles. The fourth-order valence-corrected chi connectivity index (χ4v) is 4.30. The minimum atomic E-state index is -0.320. The van der Waals surface area contributed by atoms with E-state index in [1.54, 1.807) is 14.2 Å². The van der Waals surface area contributed by atoms with Gasteiger partial charge in [-0.3, -0.25) is 0 Å². The molecule has 1 aliphatic heterocycles. The number of hydrogen-bond acceptors (Lipinski definition) is 6. The van der Waals surface area contributed by atoms with Crippen LogP contribution in [0.4, 0.5) is 0 Å². The van der Waals surface area contributed by atoms with Crippen molar-refractivity contribution in [3.63, 3.8) is 0 Å². The van der Waals surface area contributed by atoms with Crippen LogP contribution in [-0.2, 0) is 9.47 Å². The molecule has 4 atom stereocenters. The zero-order valence-electron chi connectivity index (χ0n) is 16.2. The second kappa shape index (κ2) is 8.39. The number of rotatable bonds is 7. The van der Waals surface area contributed by atoms with E-state index in [0.29, 0.717) is 0 Å². The lowest BCUT2D eigenvalue weighted by Gasteiger charge is -2.36. The highest BCUT2D eigenvalue weighted by Crippen LogP contribution is 2.54. The van der Waals surface area contributed by atoms with Crippen LogP contribution < -0.4 is 14.2 Å². The van der Waals surface area contributed by atoms with Crippen LogP contribution in [0.3, 0.4) is 0 Å². The Hall–Kier alpha value is -2.28. The Kier molecular flexibility index (Phi) is 5.71. The van der Waals surface area contributed by atoms with Gasteiger partial charge in [-0.1, -0.05) is 12.1 Å². The van der Waals surface area contributed by atoms with E-state index in [2.05, 4.69) is 0 Å². The zero-order chi connectivity index (χ0) is 19.5. The van der Waals surface area contributed by atoms with Crippen LogP contribution in [0.25, 0.3) is 0 Å². The van der Waals surface area contributed by atoms with E-state index in [9.17, 15) is 5.11 Å². The van der Waals surface area contributed by atoms with Gasteiger partial charge >= 0.3 is 0 Å². The van der Waals surface area contributed by atoms with E-state index in [4.69, 9.17) is 23.7 Å². The molecule has 1 saturated carbocycles. The molecule has 2 aliphatic rings. The minimum absolute atomic E-state index is 0.100. The Labute approximate surface area is 164 Å². The highest BCUT2D eigenvalue weighted by atomic mass is 16.7. The summed E-state index contributed by atoms with van der Waals surface area (Å²) in [5.74, 6) is 2.81. The van der Waals surface area contributed by atoms with E-state index in [1.807, 2.05) is 42.5 Å². The maximum absolute atomic E-state index is 10.4. The van der Waals surface area contributed by atoms with Crippen molar-refractivity contribution in [1.82, 2.24) is 0 Å². The summed E-state index contributed by atoms with van der Waals surface area (Å²) in [7, 11) is 3.19. The molecule has 6 nitrogen and oxygen atoms in total. The summed E-state index contributed by atoms with van der Waals surface area (Å²) >= 11 is 0. The molecule has 0 amide bonds. The summed E-state index contributed by atoms with van der Waals surface area (Å²) in [5.41, 5.74) is 2.19. The third-order valence-corrected chi connectivity index (χ3v) is 5.51. The van der Waals surface area contributed by atoms with Gasteiger partial charge in [-0.05, 0) is 54.7 Å². The number of hydrogen-bond donors (Lipinski definition) is 1. The lowest BCUT2D eigenvalue weighted by molar-refractivity contribution is 0.0502. The predicted molar refractivity (Wildman–Crippen MR) is 103 cm³/mol. The highest BCUT2D eigenvalue weighted by Gasteiger charge is 2.45. The first-order chi connectivity index (χ1) is 13.7. The van der Waals surface area contributed by atoms with Gasteiger partial charge in [0.15, 0.2) is 13.6 Å². The Morgan fingerprint density at radius 3 is 2.32 bits per heavy atom. The standard InChI is InChI=1S/C22H26O6/c1-24-12-26-16-5-3-14(4-6-16)22-20-10-15(23)9-18(20)19-11-17(27-13-25-2)7-8-21(19)28-22/h3-8,11,15,18,20,22-23H,9-10,12-13H2,1-2H3/t15-,18-,20-,22-/m1/s1. The summed E-state index contributed by atoms with van der Waals surface area (Å²) in [5, 5.41) is 10.4. The first kappa shape index (κ1) is 19.1. The predicted octanol–water partition coefficient (Wildman–Crippen LogP) is 3.64. The molecule has 4 rings (SSSR count). The third-order valence-electron chi connectivity index (χ3n) is 5.51. The van der Waals surface area contributed by atoms with Crippen molar-refractivity contribution in [1.29, 1.82) is 0 Å². The van der Waals surface area contributed by atoms with Gasteiger partial charge in [0.25, 0.3) is 0 Å². The molecule has 0 aromatic heterocycles. The number of methoxy groups -OCH3 is 2. The quantitative estimate of drug-likeness (QED) is 0.733. The fraction of sp³-hybridized carbons (Fsp3) is 0.455. The van der Waals surface area contributed by atoms with Gasteiger partial charge in [-0.2, -0.15) is 0 Å². The van der Waals surface area contributed by atoms with Crippen LogP contribution in [0.2, 0.25) is 0 Å². The average Bonchev–Trinajstić information content (AvgIpc) is 3.12. The molecular formula is C22H26O6. The van der Waals surface area contributed by atoms with E-state index in [0.717, 1.165) is 41.2 Å². The van der Waals surface area contributed by atoms with Crippen LogP contribution in [0, 0.1) is 5.92 Å². The topological polar surface area (TPSA) is 66.4 Å². The molecule has 0 spiro atoms. The van der Waals surface area contributed by atoms with Crippen LogP contribution in [0.1, 0.15) is 36.0 Å². The smallest absolute Gasteiger partial charge is 0.188 e. The summed E-state index contributed by atoms with van der Waals surface area (Å²) in [4.78, 5) is 0. The number of benzene rings is 2. The molecule has 28 heavy (non-hydrogen) atoms. The van der Waals surface area contributed by atoms with Gasteiger partial charge in [0.1, 0.15) is 23.4 Å². The third kappa shape index (κ3) is 3.81. The van der Waals surface area contributed by atoms with Crippen LogP contribution in [-0.4, -0.2) is 39.0 Å². The molecule has 150 valence electrons. The van der Waals surface area contributed by atoms with E-state index < -0.39 is 0 Å². The summed E-state index contributed by atoms with van der Waals surface area (Å²) < 4.78 is 27.4.